The number of hydrogen-bond donors (Lipinski definition) is 2. The summed E-state index contributed by atoms with van der Waals surface area (Å²) in [7, 11) is 0. The van der Waals surface area contributed by atoms with Gasteiger partial charge >= 0.3 is 0 Å². The van der Waals surface area contributed by atoms with Gasteiger partial charge in [-0.05, 0) is 62.4 Å². The van der Waals surface area contributed by atoms with Crippen LogP contribution in [0.4, 0.5) is 0 Å². The van der Waals surface area contributed by atoms with Crippen molar-refractivity contribution in [2.45, 2.75) is 43.9 Å². The first-order chi connectivity index (χ1) is 10.7. The summed E-state index contributed by atoms with van der Waals surface area (Å²) < 4.78 is 0. The van der Waals surface area contributed by atoms with E-state index in [2.05, 4.69) is 22.8 Å². The molecule has 0 spiro atoms. The third kappa shape index (κ3) is 4.62. The van der Waals surface area contributed by atoms with Gasteiger partial charge in [-0.25, -0.2) is 0 Å². The van der Waals surface area contributed by atoms with Crippen molar-refractivity contribution in [2.24, 2.45) is 5.92 Å². The summed E-state index contributed by atoms with van der Waals surface area (Å²) >= 11 is 5.98. The molecular weight excluding hydrogens is 331 g/mol. The van der Waals surface area contributed by atoms with Crippen LogP contribution >= 0.6 is 24.0 Å². The van der Waals surface area contributed by atoms with E-state index in [1.54, 1.807) is 0 Å². The van der Waals surface area contributed by atoms with Crippen molar-refractivity contribution < 1.29 is 4.79 Å². The minimum atomic E-state index is 0. The molecule has 1 aromatic rings. The third-order valence-corrected chi connectivity index (χ3v) is 5.59. The van der Waals surface area contributed by atoms with Crippen molar-refractivity contribution in [1.82, 2.24) is 10.6 Å². The first-order valence-electron chi connectivity index (χ1n) is 8.41. The molecular formula is C18H26Cl2N2O. The molecule has 3 rings (SSSR count). The fraction of sp³-hybridized carbons (Fsp3) is 0.611. The van der Waals surface area contributed by atoms with Gasteiger partial charge in [0.05, 0.1) is 0 Å². The Morgan fingerprint density at radius 1 is 1.30 bits per heavy atom. The van der Waals surface area contributed by atoms with E-state index in [9.17, 15) is 4.79 Å². The monoisotopic (exact) mass is 356 g/mol. The Morgan fingerprint density at radius 3 is 2.61 bits per heavy atom. The Balaban J connectivity index is 0.00000192. The van der Waals surface area contributed by atoms with Gasteiger partial charge in [-0.2, -0.15) is 0 Å². The quantitative estimate of drug-likeness (QED) is 0.815. The molecule has 3 nitrogen and oxygen atoms in total. The molecule has 2 aliphatic rings. The maximum Gasteiger partial charge on any atom is 0.220 e. The molecule has 1 saturated carbocycles. The molecule has 1 heterocycles. The van der Waals surface area contributed by atoms with Gasteiger partial charge in [0.15, 0.2) is 0 Å². The van der Waals surface area contributed by atoms with Gasteiger partial charge in [-0.3, -0.25) is 4.79 Å². The third-order valence-electron chi connectivity index (χ3n) is 5.33. The Kier molecular flexibility index (Phi) is 6.75. The molecule has 0 radical (unpaired) electrons. The normalized spacial score (nSPS) is 22.0. The highest BCUT2D eigenvalue weighted by atomic mass is 35.5. The summed E-state index contributed by atoms with van der Waals surface area (Å²) in [5.41, 5.74) is 1.44. The van der Waals surface area contributed by atoms with E-state index in [1.807, 2.05) is 12.1 Å². The van der Waals surface area contributed by atoms with Crippen LogP contribution in [-0.4, -0.2) is 25.5 Å². The lowest BCUT2D eigenvalue weighted by Crippen LogP contribution is -2.45. The molecule has 5 heteroatoms. The van der Waals surface area contributed by atoms with Crippen molar-refractivity contribution >= 4 is 29.9 Å². The van der Waals surface area contributed by atoms with Gasteiger partial charge in [0, 0.05) is 23.4 Å². The van der Waals surface area contributed by atoms with E-state index in [1.165, 1.54) is 18.4 Å². The molecule has 2 fully saturated rings. The maximum absolute atomic E-state index is 12.1. The smallest absolute Gasteiger partial charge is 0.220 e. The molecule has 1 atom stereocenters. The second-order valence-electron chi connectivity index (χ2n) is 6.82. The Morgan fingerprint density at radius 2 is 2.04 bits per heavy atom. The van der Waals surface area contributed by atoms with Gasteiger partial charge in [-0.1, -0.05) is 30.2 Å². The van der Waals surface area contributed by atoms with Gasteiger partial charge in [0.1, 0.15) is 0 Å². The standard InChI is InChI=1S/C18H25ClN2O.ClH/c19-16-5-3-15(4-6-16)18(9-1-10-18)13-21-17(22)7-2-14-8-11-20-12-14;/h3-6,14,20H,1-2,7-13H2,(H,21,22);1H. The van der Waals surface area contributed by atoms with E-state index in [0.29, 0.717) is 12.3 Å². The zero-order valence-corrected chi connectivity index (χ0v) is 15.0. The summed E-state index contributed by atoms with van der Waals surface area (Å²) in [6, 6.07) is 8.12. The maximum atomic E-state index is 12.1. The van der Waals surface area contributed by atoms with Crippen LogP contribution in [0.15, 0.2) is 24.3 Å². The SMILES string of the molecule is Cl.O=C(CCC1CCNC1)NCC1(c2ccc(Cl)cc2)CCC1. The predicted molar refractivity (Wildman–Crippen MR) is 97.4 cm³/mol. The zero-order chi connectivity index (χ0) is 15.4. The Labute approximate surface area is 150 Å². The van der Waals surface area contributed by atoms with Gasteiger partial charge < -0.3 is 10.6 Å². The molecule has 2 N–H and O–H groups in total. The molecule has 1 aliphatic carbocycles. The minimum absolute atomic E-state index is 0. The summed E-state index contributed by atoms with van der Waals surface area (Å²) in [4.78, 5) is 12.1. The molecule has 1 saturated heterocycles. The molecule has 1 unspecified atom stereocenters. The molecule has 1 aromatic carbocycles. The molecule has 1 aliphatic heterocycles. The Bertz CT molecular complexity index is 508. The van der Waals surface area contributed by atoms with E-state index < -0.39 is 0 Å². The average molecular weight is 357 g/mol. The second kappa shape index (κ2) is 8.36. The fourth-order valence-corrected chi connectivity index (χ4v) is 3.75. The predicted octanol–water partition coefficient (Wildman–Crippen LogP) is 3.69. The molecule has 23 heavy (non-hydrogen) atoms. The van der Waals surface area contributed by atoms with Crippen molar-refractivity contribution in [3.05, 3.63) is 34.9 Å². The lowest BCUT2D eigenvalue weighted by atomic mass is 9.64. The van der Waals surface area contributed by atoms with E-state index in [4.69, 9.17) is 11.6 Å². The molecule has 0 aromatic heterocycles. The van der Waals surface area contributed by atoms with Crippen LogP contribution in [0.25, 0.3) is 0 Å². The van der Waals surface area contributed by atoms with Crippen LogP contribution in [0.1, 0.15) is 44.1 Å². The lowest BCUT2D eigenvalue weighted by molar-refractivity contribution is -0.121. The minimum Gasteiger partial charge on any atom is -0.355 e. The molecule has 128 valence electrons. The first-order valence-corrected chi connectivity index (χ1v) is 8.79. The van der Waals surface area contributed by atoms with Gasteiger partial charge in [0.25, 0.3) is 0 Å². The highest BCUT2D eigenvalue weighted by Gasteiger charge is 2.38. The fourth-order valence-electron chi connectivity index (χ4n) is 3.63. The topological polar surface area (TPSA) is 41.1 Å². The zero-order valence-electron chi connectivity index (χ0n) is 13.4. The second-order valence-corrected chi connectivity index (χ2v) is 7.25. The number of halogens is 2. The summed E-state index contributed by atoms with van der Waals surface area (Å²) in [6.07, 6.45) is 6.42. The first kappa shape index (κ1) is 18.6. The summed E-state index contributed by atoms with van der Waals surface area (Å²) in [6.45, 7) is 2.93. The number of hydrogen-bond acceptors (Lipinski definition) is 2. The van der Waals surface area contributed by atoms with E-state index in [-0.39, 0.29) is 23.7 Å². The average Bonchev–Trinajstić information content (AvgIpc) is 2.99. The van der Waals surface area contributed by atoms with Crippen molar-refractivity contribution in [1.29, 1.82) is 0 Å². The molecule has 0 bridgehead atoms. The van der Waals surface area contributed by atoms with Crippen LogP contribution in [0.3, 0.4) is 0 Å². The number of benzene rings is 1. The Hall–Kier alpha value is -0.770. The number of carbonyl (C=O) groups is 1. The number of nitrogens with one attached hydrogen (secondary N) is 2. The summed E-state index contributed by atoms with van der Waals surface area (Å²) in [5, 5.41) is 7.30. The van der Waals surface area contributed by atoms with Crippen LogP contribution in [0.2, 0.25) is 5.02 Å². The van der Waals surface area contributed by atoms with Crippen LogP contribution in [0.5, 0.6) is 0 Å². The highest BCUT2D eigenvalue weighted by Crippen LogP contribution is 2.43. The van der Waals surface area contributed by atoms with Gasteiger partial charge in [-0.15, -0.1) is 12.4 Å². The molecule has 1 amide bonds. The van der Waals surface area contributed by atoms with Crippen molar-refractivity contribution in [3.8, 4) is 0 Å². The van der Waals surface area contributed by atoms with E-state index >= 15 is 0 Å². The van der Waals surface area contributed by atoms with Crippen LogP contribution < -0.4 is 10.6 Å². The number of carbonyl (C=O) groups excluding carboxylic acids is 1. The highest BCUT2D eigenvalue weighted by molar-refractivity contribution is 6.30. The summed E-state index contributed by atoms with van der Waals surface area (Å²) in [5.74, 6) is 0.881. The van der Waals surface area contributed by atoms with Crippen molar-refractivity contribution in [3.63, 3.8) is 0 Å². The largest absolute Gasteiger partial charge is 0.355 e. The number of rotatable bonds is 6. The van der Waals surface area contributed by atoms with Crippen LogP contribution in [-0.2, 0) is 10.2 Å². The van der Waals surface area contributed by atoms with Crippen molar-refractivity contribution in [2.75, 3.05) is 19.6 Å². The van der Waals surface area contributed by atoms with E-state index in [0.717, 1.165) is 43.9 Å². The van der Waals surface area contributed by atoms with Crippen LogP contribution in [0, 0.1) is 5.92 Å². The van der Waals surface area contributed by atoms with Gasteiger partial charge in [0.2, 0.25) is 5.91 Å². The number of amides is 1. The lowest BCUT2D eigenvalue weighted by Gasteiger charge is -2.42.